The summed E-state index contributed by atoms with van der Waals surface area (Å²) in [5.74, 6) is -0.352. The second kappa shape index (κ2) is 9.13. The van der Waals surface area contributed by atoms with Gasteiger partial charge in [0, 0.05) is 29.9 Å². The number of nitro groups is 1. The van der Waals surface area contributed by atoms with Crippen LogP contribution in [0.2, 0.25) is 0 Å². The van der Waals surface area contributed by atoms with E-state index in [0.29, 0.717) is 38.2 Å². The zero-order valence-electron chi connectivity index (χ0n) is 17.9. The van der Waals surface area contributed by atoms with Gasteiger partial charge in [0.15, 0.2) is 0 Å². The molecule has 0 radical (unpaired) electrons. The summed E-state index contributed by atoms with van der Waals surface area (Å²) in [6.07, 6.45) is 2.69. The molecule has 3 aromatic rings. The highest BCUT2D eigenvalue weighted by atomic mass is 16.6. The number of piperidine rings is 1. The van der Waals surface area contributed by atoms with E-state index in [2.05, 4.69) is 20.3 Å². The number of aromatic nitrogens is 3. The van der Waals surface area contributed by atoms with Crippen LogP contribution < -0.4 is 10.2 Å². The molecule has 166 valence electrons. The quantitative estimate of drug-likeness (QED) is 0.349. The number of nitrogens with one attached hydrogen (secondary N) is 1. The number of esters is 1. The number of carbonyl (C=O) groups is 1. The summed E-state index contributed by atoms with van der Waals surface area (Å²) >= 11 is 0. The summed E-state index contributed by atoms with van der Waals surface area (Å²) in [5, 5.41) is 16.0. The van der Waals surface area contributed by atoms with Crippen LogP contribution in [0.3, 0.4) is 0 Å². The number of anilines is 3. The van der Waals surface area contributed by atoms with Crippen LogP contribution >= 0.6 is 0 Å². The molecule has 1 saturated heterocycles. The minimum absolute atomic E-state index is 0.0892. The van der Waals surface area contributed by atoms with Crippen LogP contribution in [0.15, 0.2) is 36.7 Å². The van der Waals surface area contributed by atoms with Crippen LogP contribution in [-0.2, 0) is 9.53 Å². The number of hydrogen-bond acceptors (Lipinski definition) is 9. The molecule has 1 aromatic carbocycles. The molecule has 1 aliphatic rings. The maximum absolute atomic E-state index is 12.2. The minimum atomic E-state index is -0.487. The van der Waals surface area contributed by atoms with E-state index in [1.54, 1.807) is 11.8 Å². The first kappa shape index (κ1) is 21.4. The fourth-order valence-electron chi connectivity index (χ4n) is 3.98. The van der Waals surface area contributed by atoms with E-state index in [4.69, 9.17) is 4.74 Å². The van der Waals surface area contributed by atoms with E-state index in [9.17, 15) is 14.9 Å². The van der Waals surface area contributed by atoms with Gasteiger partial charge in [-0.15, -0.1) is 0 Å². The van der Waals surface area contributed by atoms with Crippen LogP contribution in [0, 0.1) is 23.0 Å². The molecule has 0 aliphatic carbocycles. The lowest BCUT2D eigenvalue weighted by molar-refractivity contribution is -0.383. The first-order chi connectivity index (χ1) is 15.5. The van der Waals surface area contributed by atoms with Crippen LogP contribution in [0.25, 0.3) is 10.9 Å². The van der Waals surface area contributed by atoms with E-state index in [1.807, 2.05) is 37.3 Å². The average molecular weight is 436 g/mol. The molecule has 1 atom stereocenters. The molecule has 1 unspecified atom stereocenters. The topological polar surface area (TPSA) is 123 Å². The normalized spacial score (nSPS) is 16.1. The smallest absolute Gasteiger partial charge is 0.353 e. The minimum Gasteiger partial charge on any atom is -0.466 e. The van der Waals surface area contributed by atoms with Crippen molar-refractivity contribution >= 4 is 39.9 Å². The third-order valence-electron chi connectivity index (χ3n) is 5.45. The van der Waals surface area contributed by atoms with Crippen LogP contribution in [-0.4, -0.2) is 45.5 Å². The standard InChI is InChI=1S/C22H24N6O4/c1-3-32-22(29)15-6-5-11-27(12-15)21-19(28(30)31)20(23-13-24-21)26-18-8-4-7-17-16(18)10-9-14(2)25-17/h4,7-10,13,15H,3,5-6,11-12H2,1-2H3,(H,23,24,26). The number of pyridine rings is 1. The second-order valence-corrected chi connectivity index (χ2v) is 7.64. The molecule has 3 heterocycles. The summed E-state index contributed by atoms with van der Waals surface area (Å²) in [5.41, 5.74) is 2.09. The van der Waals surface area contributed by atoms with E-state index in [0.717, 1.165) is 16.6 Å². The van der Waals surface area contributed by atoms with Crippen molar-refractivity contribution < 1.29 is 14.5 Å². The lowest BCUT2D eigenvalue weighted by Crippen LogP contribution is -2.40. The molecule has 1 aliphatic heterocycles. The summed E-state index contributed by atoms with van der Waals surface area (Å²) in [6.45, 7) is 4.84. The van der Waals surface area contributed by atoms with Crippen LogP contribution in [0.1, 0.15) is 25.5 Å². The van der Waals surface area contributed by atoms with Gasteiger partial charge >= 0.3 is 11.7 Å². The molecule has 1 fully saturated rings. The molecule has 10 heteroatoms. The number of benzene rings is 1. The van der Waals surface area contributed by atoms with Crippen molar-refractivity contribution in [2.24, 2.45) is 5.92 Å². The van der Waals surface area contributed by atoms with Gasteiger partial charge in [0.25, 0.3) is 0 Å². The molecule has 4 rings (SSSR count). The van der Waals surface area contributed by atoms with Crippen molar-refractivity contribution in [1.29, 1.82) is 0 Å². The number of fused-ring (bicyclic) bond motifs is 1. The predicted octanol–water partition coefficient (Wildman–Crippen LogP) is 3.76. The Morgan fingerprint density at radius 1 is 1.31 bits per heavy atom. The summed E-state index contributed by atoms with van der Waals surface area (Å²) in [7, 11) is 0. The highest BCUT2D eigenvalue weighted by molar-refractivity contribution is 5.94. The fourth-order valence-corrected chi connectivity index (χ4v) is 3.98. The summed E-state index contributed by atoms with van der Waals surface area (Å²) in [4.78, 5) is 38.4. The lowest BCUT2D eigenvalue weighted by Gasteiger charge is -2.32. The highest BCUT2D eigenvalue weighted by Crippen LogP contribution is 2.36. The Labute approximate surface area is 184 Å². The molecule has 0 spiro atoms. The molecule has 0 saturated carbocycles. The number of rotatable bonds is 6. The van der Waals surface area contributed by atoms with Gasteiger partial charge < -0.3 is 15.0 Å². The monoisotopic (exact) mass is 436 g/mol. The van der Waals surface area contributed by atoms with Gasteiger partial charge in [-0.1, -0.05) is 6.07 Å². The van der Waals surface area contributed by atoms with E-state index >= 15 is 0 Å². The largest absolute Gasteiger partial charge is 0.466 e. The maximum atomic E-state index is 12.2. The van der Waals surface area contributed by atoms with Crippen LogP contribution in [0.5, 0.6) is 0 Å². The zero-order chi connectivity index (χ0) is 22.7. The molecule has 0 amide bonds. The van der Waals surface area contributed by atoms with Gasteiger partial charge in [-0.2, -0.15) is 0 Å². The van der Waals surface area contributed by atoms with E-state index in [-0.39, 0.29) is 29.2 Å². The van der Waals surface area contributed by atoms with Gasteiger partial charge in [0.1, 0.15) is 6.33 Å². The number of hydrogen-bond donors (Lipinski definition) is 1. The first-order valence-corrected chi connectivity index (χ1v) is 10.5. The Kier molecular flexibility index (Phi) is 6.11. The summed E-state index contributed by atoms with van der Waals surface area (Å²) < 4.78 is 5.14. The number of carbonyl (C=O) groups excluding carboxylic acids is 1. The van der Waals surface area contributed by atoms with E-state index in [1.165, 1.54) is 6.33 Å². The highest BCUT2D eigenvalue weighted by Gasteiger charge is 2.33. The van der Waals surface area contributed by atoms with Crippen molar-refractivity contribution in [2.45, 2.75) is 26.7 Å². The molecule has 10 nitrogen and oxygen atoms in total. The Morgan fingerprint density at radius 2 is 2.16 bits per heavy atom. The van der Waals surface area contributed by atoms with Gasteiger partial charge in [0.05, 0.1) is 23.0 Å². The first-order valence-electron chi connectivity index (χ1n) is 10.5. The van der Waals surface area contributed by atoms with Crippen molar-refractivity contribution in [3.8, 4) is 0 Å². The second-order valence-electron chi connectivity index (χ2n) is 7.64. The molecule has 1 N–H and O–H groups in total. The fraction of sp³-hybridized carbons (Fsp3) is 0.364. The van der Waals surface area contributed by atoms with Crippen molar-refractivity contribution in [2.75, 3.05) is 29.9 Å². The molecular weight excluding hydrogens is 412 g/mol. The summed E-state index contributed by atoms with van der Waals surface area (Å²) in [6, 6.07) is 9.35. The predicted molar refractivity (Wildman–Crippen MR) is 120 cm³/mol. The zero-order valence-corrected chi connectivity index (χ0v) is 17.9. The lowest BCUT2D eigenvalue weighted by atomic mass is 9.98. The third-order valence-corrected chi connectivity index (χ3v) is 5.45. The molecule has 2 aromatic heterocycles. The van der Waals surface area contributed by atoms with Crippen LogP contribution in [0.4, 0.5) is 23.0 Å². The number of nitrogens with zero attached hydrogens (tertiary/aromatic N) is 5. The van der Waals surface area contributed by atoms with E-state index < -0.39 is 4.92 Å². The third kappa shape index (κ3) is 4.29. The average Bonchev–Trinajstić information content (AvgIpc) is 2.79. The molecular formula is C22H24N6O4. The van der Waals surface area contributed by atoms with Crippen molar-refractivity contribution in [3.05, 3.63) is 52.5 Å². The number of aryl methyl sites for hydroxylation is 1. The maximum Gasteiger partial charge on any atom is 0.353 e. The van der Waals surface area contributed by atoms with Gasteiger partial charge in [-0.05, 0) is 51.0 Å². The van der Waals surface area contributed by atoms with Gasteiger partial charge in [-0.3, -0.25) is 19.9 Å². The Morgan fingerprint density at radius 3 is 2.94 bits per heavy atom. The van der Waals surface area contributed by atoms with Crippen molar-refractivity contribution in [3.63, 3.8) is 0 Å². The van der Waals surface area contributed by atoms with Crippen molar-refractivity contribution in [1.82, 2.24) is 15.0 Å². The Hall–Kier alpha value is -3.82. The Bertz CT molecular complexity index is 1170. The molecule has 32 heavy (non-hydrogen) atoms. The van der Waals surface area contributed by atoms with Gasteiger partial charge in [-0.25, -0.2) is 9.97 Å². The SMILES string of the molecule is CCOC(=O)C1CCCN(c2ncnc(Nc3cccc4nc(C)ccc34)c2[N+](=O)[O-])C1. The molecule has 0 bridgehead atoms. The Balaban J connectivity index is 1.69. The number of ether oxygens (including phenoxy) is 1. The van der Waals surface area contributed by atoms with Gasteiger partial charge in [0.2, 0.25) is 11.6 Å².